The van der Waals surface area contributed by atoms with Crippen LogP contribution in [0.5, 0.6) is 0 Å². The van der Waals surface area contributed by atoms with Crippen LogP contribution in [-0.2, 0) is 65.4 Å². The number of esters is 4. The minimum absolute atomic E-state index is 0.0855. The summed E-state index contributed by atoms with van der Waals surface area (Å²) >= 11 is 0. The van der Waals surface area contributed by atoms with E-state index in [1.54, 1.807) is 0 Å². The molecule has 5 unspecified atom stereocenters. The van der Waals surface area contributed by atoms with Gasteiger partial charge in [-0.2, -0.15) is 0 Å². The number of rotatable bonds is 86. The largest absolute Gasteiger partial charge is 0.472 e. The molecule has 3 N–H and O–H groups in total. The molecule has 0 radical (unpaired) electrons. The predicted octanol–water partition coefficient (Wildman–Crippen LogP) is 27.2. The Morgan fingerprint density at radius 1 is 0.303 bits per heavy atom. The molecule has 0 saturated carbocycles. The summed E-state index contributed by atoms with van der Waals surface area (Å²) in [7, 11) is -9.95. The van der Waals surface area contributed by atoms with Gasteiger partial charge in [0.05, 0.1) is 26.4 Å². The van der Waals surface area contributed by atoms with Crippen LogP contribution in [0, 0.1) is 17.8 Å². The number of ether oxygens (including phenoxy) is 4. The third-order valence-electron chi connectivity index (χ3n) is 21.2. The Morgan fingerprint density at radius 3 is 0.817 bits per heavy atom. The molecule has 0 aromatic carbocycles. The monoisotopic (exact) mass is 1590 g/mol. The van der Waals surface area contributed by atoms with Crippen LogP contribution in [-0.4, -0.2) is 96.7 Å². The molecule has 0 aliphatic rings. The zero-order valence-corrected chi connectivity index (χ0v) is 73.3. The fourth-order valence-electron chi connectivity index (χ4n) is 13.5. The van der Waals surface area contributed by atoms with Gasteiger partial charge in [0, 0.05) is 25.7 Å². The first-order valence-corrected chi connectivity index (χ1v) is 48.7. The summed E-state index contributed by atoms with van der Waals surface area (Å²) < 4.78 is 68.9. The number of aliphatic hydroxyl groups is 1. The summed E-state index contributed by atoms with van der Waals surface area (Å²) in [5, 5.41) is 10.7. The van der Waals surface area contributed by atoms with E-state index in [1.165, 1.54) is 244 Å². The molecule has 0 bridgehead atoms. The molecule has 17 nitrogen and oxygen atoms in total. The maximum Gasteiger partial charge on any atom is 0.472 e. The average Bonchev–Trinajstić information content (AvgIpc) is 0.897. The summed E-state index contributed by atoms with van der Waals surface area (Å²) in [6, 6.07) is 0. The van der Waals surface area contributed by atoms with E-state index < -0.39 is 97.5 Å². The first kappa shape index (κ1) is 107. The molecule has 0 aromatic heterocycles. The Morgan fingerprint density at radius 2 is 0.541 bits per heavy atom. The fraction of sp³-hybridized carbons (Fsp3) is 0.911. The van der Waals surface area contributed by atoms with Crippen molar-refractivity contribution in [2.24, 2.45) is 17.8 Å². The Kier molecular flexibility index (Phi) is 77.6. The Bertz CT molecular complexity index is 2200. The zero-order valence-electron chi connectivity index (χ0n) is 71.5. The highest BCUT2D eigenvalue weighted by Crippen LogP contribution is 2.45. The number of phosphoric acid groups is 2. The third-order valence-corrected chi connectivity index (χ3v) is 23.1. The second-order valence-electron chi connectivity index (χ2n) is 32.6. The third kappa shape index (κ3) is 80.5. The maximum absolute atomic E-state index is 13.1. The highest BCUT2D eigenvalue weighted by molar-refractivity contribution is 7.47. The summed E-state index contributed by atoms with van der Waals surface area (Å²) in [5.74, 6) is 0.313. The van der Waals surface area contributed by atoms with Crippen LogP contribution in [0.1, 0.15) is 453 Å². The van der Waals surface area contributed by atoms with Gasteiger partial charge in [0.2, 0.25) is 0 Å². The van der Waals surface area contributed by atoms with Gasteiger partial charge in [0.15, 0.2) is 12.2 Å². The van der Waals surface area contributed by atoms with E-state index >= 15 is 0 Å². The molecule has 0 spiro atoms. The number of phosphoric ester groups is 2. The summed E-state index contributed by atoms with van der Waals surface area (Å²) in [6.07, 6.45) is 74.6. The molecule has 0 aliphatic carbocycles. The van der Waals surface area contributed by atoms with Gasteiger partial charge < -0.3 is 33.8 Å². The van der Waals surface area contributed by atoms with Crippen LogP contribution < -0.4 is 0 Å². The molecule has 0 aromatic rings. The number of carbonyl (C=O) groups is 4. The van der Waals surface area contributed by atoms with Gasteiger partial charge in [-0.15, -0.1) is 0 Å². The second kappa shape index (κ2) is 79.4. The lowest BCUT2D eigenvalue weighted by Crippen LogP contribution is -2.30. The van der Waals surface area contributed by atoms with E-state index in [0.29, 0.717) is 31.6 Å². The van der Waals surface area contributed by atoms with Crippen molar-refractivity contribution >= 4 is 39.5 Å². The molecule has 0 rings (SSSR count). The molecule has 0 aliphatic heterocycles. The zero-order chi connectivity index (χ0) is 80.0. The van der Waals surface area contributed by atoms with Crippen molar-refractivity contribution in [3.8, 4) is 0 Å². The van der Waals surface area contributed by atoms with Crippen molar-refractivity contribution < 1.29 is 80.2 Å². The van der Waals surface area contributed by atoms with Gasteiger partial charge in [-0.25, -0.2) is 9.13 Å². The van der Waals surface area contributed by atoms with Crippen molar-refractivity contribution in [2.75, 3.05) is 39.6 Å². The topological polar surface area (TPSA) is 237 Å². The second-order valence-corrected chi connectivity index (χ2v) is 35.5. The van der Waals surface area contributed by atoms with Crippen molar-refractivity contribution in [1.29, 1.82) is 0 Å². The van der Waals surface area contributed by atoms with Crippen LogP contribution in [0.25, 0.3) is 0 Å². The van der Waals surface area contributed by atoms with Crippen LogP contribution in [0.4, 0.5) is 0 Å². The van der Waals surface area contributed by atoms with Gasteiger partial charge in [-0.05, 0) is 69.1 Å². The van der Waals surface area contributed by atoms with Crippen molar-refractivity contribution in [2.45, 2.75) is 471 Å². The van der Waals surface area contributed by atoms with E-state index in [1.807, 2.05) is 0 Å². The summed E-state index contributed by atoms with van der Waals surface area (Å²) in [4.78, 5) is 73.3. The molecule has 0 fully saturated rings. The van der Waals surface area contributed by atoms with Gasteiger partial charge in [0.25, 0.3) is 0 Å². The molecule has 109 heavy (non-hydrogen) atoms. The lowest BCUT2D eigenvalue weighted by atomic mass is 9.99. The smallest absolute Gasteiger partial charge is 0.462 e. The lowest BCUT2D eigenvalue weighted by molar-refractivity contribution is -0.161. The van der Waals surface area contributed by atoms with Crippen LogP contribution in [0.15, 0.2) is 24.3 Å². The van der Waals surface area contributed by atoms with E-state index in [4.69, 9.17) is 37.0 Å². The number of aliphatic hydroxyl groups excluding tert-OH is 1. The molecule has 0 heterocycles. The quantitative estimate of drug-likeness (QED) is 0.0169. The standard InChI is InChI=1S/C90H172O17P2/c1-8-11-12-13-14-15-16-17-26-34-39-44-51-59-66-73-89(94)106-85(77-100-87(92)71-64-57-50-43-38-33-29-24-20-18-22-27-31-36-41-48-55-62-69-82(6)9-2)79-104-108(96,97)102-75-84(91)76-103-109(98,99)105-80-86(78-101-88(93)72-65-58-53-46-47-54-61-68-81(4)5)107-90(95)74-67-60-52-45-40-35-30-25-21-19-23-28-32-37-42-49-56-63-70-83(7)10-3/h15-17,26,81-86,91H,8-14,18-25,27-80H2,1-7H3,(H,96,97)(H,98,99)/b16-15-,26-17-/t82?,83?,84?,85-,86-/m1/s1. The number of carbonyl (C=O) groups excluding carboxylic acids is 4. The summed E-state index contributed by atoms with van der Waals surface area (Å²) in [6.45, 7) is 12.0. The number of unbranched alkanes of at least 4 members (excludes halogenated alkanes) is 49. The first-order valence-electron chi connectivity index (χ1n) is 45.7. The fourth-order valence-corrected chi connectivity index (χ4v) is 15.1. The summed E-state index contributed by atoms with van der Waals surface area (Å²) in [5.41, 5.74) is 0. The number of hydrogen-bond acceptors (Lipinski definition) is 15. The minimum atomic E-state index is -4.98. The maximum atomic E-state index is 13.1. The Labute approximate surface area is 669 Å². The molecule has 0 saturated heterocycles. The van der Waals surface area contributed by atoms with E-state index in [-0.39, 0.29) is 25.7 Å². The predicted molar refractivity (Wildman–Crippen MR) is 450 cm³/mol. The van der Waals surface area contributed by atoms with E-state index in [2.05, 4.69) is 72.8 Å². The van der Waals surface area contributed by atoms with Gasteiger partial charge in [-0.1, -0.05) is 400 Å². The number of hydrogen-bond donors (Lipinski definition) is 3. The number of allylic oxidation sites excluding steroid dienone is 4. The first-order chi connectivity index (χ1) is 52.8. The Balaban J connectivity index is 5.20. The van der Waals surface area contributed by atoms with Crippen molar-refractivity contribution in [1.82, 2.24) is 0 Å². The van der Waals surface area contributed by atoms with Crippen molar-refractivity contribution in [3.05, 3.63) is 24.3 Å². The normalized spacial score (nSPS) is 14.4. The van der Waals surface area contributed by atoms with E-state index in [0.717, 1.165) is 121 Å². The minimum Gasteiger partial charge on any atom is -0.462 e. The van der Waals surface area contributed by atoms with Crippen LogP contribution in [0.2, 0.25) is 0 Å². The molecular weight excluding hydrogens is 1410 g/mol. The molecular formula is C90H172O17P2. The van der Waals surface area contributed by atoms with Crippen LogP contribution in [0.3, 0.4) is 0 Å². The average molecular weight is 1590 g/mol. The van der Waals surface area contributed by atoms with Crippen LogP contribution >= 0.6 is 15.6 Å². The highest BCUT2D eigenvalue weighted by atomic mass is 31.2. The lowest BCUT2D eigenvalue weighted by Gasteiger charge is -2.21. The van der Waals surface area contributed by atoms with Crippen molar-refractivity contribution in [3.63, 3.8) is 0 Å². The molecule has 0 amide bonds. The molecule has 644 valence electrons. The molecule has 7 atom stereocenters. The SMILES string of the molecule is CCCCCC/C=C\C=C/CCCCCCCC(=O)O[C@H](COC(=O)CCCCCCCCCCCCCCCCCCCCC(C)CC)COP(=O)(O)OCC(O)COP(=O)(O)OC[C@@H](COC(=O)CCCCCCCCCC(C)C)OC(=O)CCCCCCCCCCCCCCCCCCCCC(C)CC. The van der Waals surface area contributed by atoms with Gasteiger partial charge in [0.1, 0.15) is 19.3 Å². The van der Waals surface area contributed by atoms with Gasteiger partial charge in [-0.3, -0.25) is 37.3 Å². The van der Waals surface area contributed by atoms with E-state index in [9.17, 15) is 43.2 Å². The Hall–Kier alpha value is -2.46. The van der Waals surface area contributed by atoms with Gasteiger partial charge >= 0.3 is 39.5 Å². The molecule has 19 heteroatoms. The highest BCUT2D eigenvalue weighted by Gasteiger charge is 2.31.